The zero-order valence-corrected chi connectivity index (χ0v) is 32.6. The standard InChI is InChI=1S/C37H41ClF3N3O10S/c1-35(2,3)54-32(46)15-9-21-8-13-29(52-7)26(16-21)36(43-20-23(45)18-28(43)33(47)42(4)5)25-17-22(38)10-12-27(25)44(34(36)48)55(49,50)31-14-11-24(51-6)19-30(31)53-37(39,40)41/h8,10-14,16-17,19,23,28,45H,9,15,18,20H2,1-7H3/t23-,28+,36?/m1/s1. The number of ether oxygens (including phenoxy) is 4. The Hall–Kier alpha value is -4.58. The number of aliphatic hydroxyl groups is 1. The summed E-state index contributed by atoms with van der Waals surface area (Å²) in [5.41, 5.74) is -2.98. The van der Waals surface area contributed by atoms with E-state index in [1.165, 1.54) is 61.3 Å². The Morgan fingerprint density at radius 2 is 1.67 bits per heavy atom. The number of nitrogens with zero attached hydrogens (tertiary/aromatic N) is 3. The summed E-state index contributed by atoms with van der Waals surface area (Å²) in [5.74, 6) is -3.59. The van der Waals surface area contributed by atoms with Crippen molar-refractivity contribution in [2.45, 2.75) is 74.6 Å². The molecule has 5 rings (SSSR count). The van der Waals surface area contributed by atoms with Crippen LogP contribution in [0.3, 0.4) is 0 Å². The number of aliphatic hydroxyl groups excluding tert-OH is 1. The average Bonchev–Trinajstić information content (AvgIpc) is 3.59. The smallest absolute Gasteiger partial charge is 0.497 e. The van der Waals surface area contributed by atoms with Gasteiger partial charge < -0.3 is 29.0 Å². The highest BCUT2D eigenvalue weighted by molar-refractivity contribution is 7.93. The van der Waals surface area contributed by atoms with Crippen molar-refractivity contribution in [1.82, 2.24) is 9.80 Å². The summed E-state index contributed by atoms with van der Waals surface area (Å²) in [4.78, 5) is 43.8. The highest BCUT2D eigenvalue weighted by Crippen LogP contribution is 2.55. The van der Waals surface area contributed by atoms with E-state index >= 15 is 4.79 Å². The van der Waals surface area contributed by atoms with E-state index in [4.69, 9.17) is 25.8 Å². The van der Waals surface area contributed by atoms with Crippen molar-refractivity contribution in [3.05, 3.63) is 76.3 Å². The molecule has 0 radical (unpaired) electrons. The molecule has 1 fully saturated rings. The van der Waals surface area contributed by atoms with Crippen LogP contribution in [0.5, 0.6) is 17.2 Å². The Labute approximate surface area is 321 Å². The fourth-order valence-electron chi connectivity index (χ4n) is 6.96. The lowest BCUT2D eigenvalue weighted by Crippen LogP contribution is -2.59. The molecule has 2 heterocycles. The number of likely N-dealkylation sites (tertiary alicyclic amines) is 1. The molecule has 3 atom stereocenters. The maximum Gasteiger partial charge on any atom is 0.573 e. The van der Waals surface area contributed by atoms with E-state index in [1.807, 2.05) is 0 Å². The summed E-state index contributed by atoms with van der Waals surface area (Å²) in [6.07, 6.45) is -6.71. The molecular formula is C37H41ClF3N3O10S. The minimum atomic E-state index is -5.35. The molecule has 55 heavy (non-hydrogen) atoms. The fraction of sp³-hybridized carbons (Fsp3) is 0.432. The predicted octanol–water partition coefficient (Wildman–Crippen LogP) is 5.03. The molecule has 1 N–H and O–H groups in total. The van der Waals surface area contributed by atoms with Crippen LogP contribution >= 0.6 is 11.6 Å². The zero-order chi connectivity index (χ0) is 40.8. The first kappa shape index (κ1) is 41.6. The van der Waals surface area contributed by atoms with Crippen molar-refractivity contribution < 1.29 is 60.0 Å². The third-order valence-corrected chi connectivity index (χ3v) is 11.1. The first-order valence-corrected chi connectivity index (χ1v) is 18.8. The second kappa shape index (κ2) is 15.2. The van der Waals surface area contributed by atoms with Gasteiger partial charge in [-0.2, -0.15) is 0 Å². The molecule has 0 spiro atoms. The quantitative estimate of drug-likeness (QED) is 0.260. The minimum absolute atomic E-state index is 0.00931. The Balaban J connectivity index is 1.83. The molecule has 0 aromatic heterocycles. The lowest BCUT2D eigenvalue weighted by molar-refractivity contribution is -0.275. The van der Waals surface area contributed by atoms with Crippen molar-refractivity contribution in [2.75, 3.05) is 39.2 Å². The summed E-state index contributed by atoms with van der Waals surface area (Å²) >= 11 is 6.56. The number of carbonyl (C=O) groups is 3. The van der Waals surface area contributed by atoms with Crippen LogP contribution in [0.4, 0.5) is 18.9 Å². The number of aryl methyl sites for hydroxylation is 1. The van der Waals surface area contributed by atoms with Crippen LogP contribution in [0.1, 0.15) is 50.3 Å². The Morgan fingerprint density at radius 3 is 2.27 bits per heavy atom. The lowest BCUT2D eigenvalue weighted by Gasteiger charge is -2.42. The van der Waals surface area contributed by atoms with Crippen LogP contribution in [0.2, 0.25) is 5.02 Å². The number of hydrogen-bond donors (Lipinski definition) is 1. The number of anilines is 1. The predicted molar refractivity (Wildman–Crippen MR) is 194 cm³/mol. The molecule has 1 unspecified atom stereocenters. The first-order chi connectivity index (χ1) is 25.5. The Bertz CT molecular complexity index is 2110. The van der Waals surface area contributed by atoms with Crippen LogP contribution in [-0.4, -0.2) is 100 Å². The van der Waals surface area contributed by atoms with Crippen molar-refractivity contribution >= 4 is 45.1 Å². The highest BCUT2D eigenvalue weighted by Gasteiger charge is 2.64. The molecule has 2 aliphatic rings. The van der Waals surface area contributed by atoms with E-state index in [-0.39, 0.29) is 59.1 Å². The largest absolute Gasteiger partial charge is 0.573 e. The number of benzene rings is 3. The number of esters is 1. The van der Waals surface area contributed by atoms with E-state index in [0.29, 0.717) is 9.87 Å². The van der Waals surface area contributed by atoms with Gasteiger partial charge in [0.2, 0.25) is 5.91 Å². The second-order valence-electron chi connectivity index (χ2n) is 14.2. The first-order valence-electron chi connectivity index (χ1n) is 16.9. The summed E-state index contributed by atoms with van der Waals surface area (Å²) < 4.78 is 91.4. The SMILES string of the molecule is COc1ccc(S(=O)(=O)N2C(=O)C(c3cc(CCC(=O)OC(C)(C)C)ccc3OC)(N3C[C@H](O)C[C@H]3C(=O)N(C)C)c3cc(Cl)ccc32)c(OC(F)(F)F)c1. The molecule has 2 aliphatic heterocycles. The number of β-amino-alcohol motifs (C(OH)–C–C–N with tert-alkyl or cyclic N) is 1. The fourth-order valence-corrected chi connectivity index (χ4v) is 8.69. The minimum Gasteiger partial charge on any atom is -0.497 e. The van der Waals surface area contributed by atoms with Crippen molar-refractivity contribution in [1.29, 1.82) is 0 Å². The van der Waals surface area contributed by atoms with E-state index in [9.17, 15) is 36.3 Å². The molecule has 298 valence electrons. The van der Waals surface area contributed by atoms with Gasteiger partial charge in [-0.3, -0.25) is 19.3 Å². The van der Waals surface area contributed by atoms with Crippen molar-refractivity contribution in [2.24, 2.45) is 0 Å². The Morgan fingerprint density at radius 1 is 0.982 bits per heavy atom. The van der Waals surface area contributed by atoms with Crippen LogP contribution in [0.25, 0.3) is 0 Å². The monoisotopic (exact) mass is 811 g/mol. The topological polar surface area (TPSA) is 152 Å². The van der Waals surface area contributed by atoms with Gasteiger partial charge in [0.25, 0.3) is 15.9 Å². The molecule has 0 saturated carbocycles. The number of sulfonamides is 1. The van der Waals surface area contributed by atoms with Gasteiger partial charge in [0.15, 0.2) is 11.3 Å². The maximum absolute atomic E-state index is 15.6. The summed E-state index contributed by atoms with van der Waals surface area (Å²) in [6.45, 7) is 4.81. The molecule has 1 saturated heterocycles. The molecule has 13 nitrogen and oxygen atoms in total. The number of amides is 2. The second-order valence-corrected chi connectivity index (χ2v) is 16.4. The zero-order valence-electron chi connectivity index (χ0n) is 31.1. The molecule has 3 aromatic carbocycles. The van der Waals surface area contributed by atoms with Gasteiger partial charge in [0.1, 0.15) is 22.0 Å². The van der Waals surface area contributed by atoms with Gasteiger partial charge in [-0.05, 0) is 81.6 Å². The summed E-state index contributed by atoms with van der Waals surface area (Å²) in [5, 5.41) is 11.2. The molecule has 0 aliphatic carbocycles. The highest BCUT2D eigenvalue weighted by atomic mass is 35.5. The third kappa shape index (κ3) is 8.06. The number of rotatable bonds is 11. The van der Waals surface area contributed by atoms with Gasteiger partial charge in [0.05, 0.1) is 32.1 Å². The molecule has 3 aromatic rings. The number of fused-ring (bicyclic) bond motifs is 1. The van der Waals surface area contributed by atoms with Crippen molar-refractivity contribution in [3.8, 4) is 17.2 Å². The summed E-state index contributed by atoms with van der Waals surface area (Å²) in [6, 6.07) is 9.88. The maximum atomic E-state index is 15.6. The van der Waals surface area contributed by atoms with Gasteiger partial charge in [-0.1, -0.05) is 17.7 Å². The molecule has 0 bridgehead atoms. The Kier molecular flexibility index (Phi) is 11.5. The molecular weight excluding hydrogens is 771 g/mol. The van der Waals surface area contributed by atoms with Gasteiger partial charge >= 0.3 is 12.3 Å². The number of likely N-dealkylation sites (N-methyl/N-ethyl adjacent to an activating group) is 1. The molecule has 2 amide bonds. The average molecular weight is 812 g/mol. The third-order valence-electron chi connectivity index (χ3n) is 9.08. The van der Waals surface area contributed by atoms with E-state index < -0.39 is 68.1 Å². The van der Waals surface area contributed by atoms with Crippen molar-refractivity contribution in [3.63, 3.8) is 0 Å². The number of halogens is 4. The van der Waals surface area contributed by atoms with Crippen LogP contribution in [0, 0.1) is 0 Å². The number of alkyl halides is 3. The number of methoxy groups -OCH3 is 2. The van der Waals surface area contributed by atoms with Gasteiger partial charge in [0, 0.05) is 49.3 Å². The van der Waals surface area contributed by atoms with Crippen LogP contribution < -0.4 is 18.5 Å². The number of hydrogen-bond acceptors (Lipinski definition) is 11. The van der Waals surface area contributed by atoms with E-state index in [1.54, 1.807) is 26.8 Å². The van der Waals surface area contributed by atoms with Crippen LogP contribution in [0.15, 0.2) is 59.5 Å². The molecule has 18 heteroatoms. The van der Waals surface area contributed by atoms with Gasteiger partial charge in [-0.25, -0.2) is 12.7 Å². The van der Waals surface area contributed by atoms with E-state index in [0.717, 1.165) is 25.3 Å². The van der Waals surface area contributed by atoms with Crippen LogP contribution in [-0.2, 0) is 41.1 Å². The van der Waals surface area contributed by atoms with E-state index in [2.05, 4.69) is 4.74 Å². The summed E-state index contributed by atoms with van der Waals surface area (Å²) in [7, 11) is 0.0921. The lowest BCUT2D eigenvalue weighted by atomic mass is 9.80. The number of carbonyl (C=O) groups excluding carboxylic acids is 3. The van der Waals surface area contributed by atoms with Gasteiger partial charge in [-0.15, -0.1) is 13.2 Å². The normalized spacial score (nSPS) is 20.3.